The average Bonchev–Trinajstić information content (AvgIpc) is 2.46. The standard InChI is InChI=1S/C13H14BrNO5S/c14-9-5-8(6-10-12(9)20-3-2-19-10)13(18)15-1-4-21-7-11(16)17/h5-6H,1-4,7H2,(H,15,18)(H,16,17). The third kappa shape index (κ3) is 4.53. The van der Waals surface area contributed by atoms with E-state index < -0.39 is 5.97 Å². The minimum absolute atomic E-state index is 0.0332. The second kappa shape index (κ2) is 7.56. The van der Waals surface area contributed by atoms with Crippen LogP contribution in [0.15, 0.2) is 16.6 Å². The molecule has 1 aromatic carbocycles. The minimum Gasteiger partial charge on any atom is -0.486 e. The molecule has 1 amide bonds. The number of nitrogens with one attached hydrogen (secondary N) is 1. The molecule has 0 fully saturated rings. The number of ether oxygens (including phenoxy) is 2. The van der Waals surface area contributed by atoms with E-state index in [9.17, 15) is 9.59 Å². The Balaban J connectivity index is 1.90. The van der Waals surface area contributed by atoms with Gasteiger partial charge in [0.05, 0.1) is 10.2 Å². The lowest BCUT2D eigenvalue weighted by Crippen LogP contribution is -2.26. The Labute approximate surface area is 134 Å². The molecule has 0 saturated carbocycles. The lowest BCUT2D eigenvalue weighted by molar-refractivity contribution is -0.133. The Hall–Kier alpha value is -1.41. The van der Waals surface area contributed by atoms with Gasteiger partial charge in [-0.1, -0.05) is 0 Å². The maximum Gasteiger partial charge on any atom is 0.313 e. The zero-order chi connectivity index (χ0) is 15.2. The Bertz CT molecular complexity index is 552. The Morgan fingerprint density at radius 3 is 2.86 bits per heavy atom. The summed E-state index contributed by atoms with van der Waals surface area (Å²) in [7, 11) is 0. The van der Waals surface area contributed by atoms with Gasteiger partial charge in [-0.25, -0.2) is 0 Å². The Morgan fingerprint density at radius 2 is 2.10 bits per heavy atom. The predicted molar refractivity (Wildman–Crippen MR) is 82.4 cm³/mol. The van der Waals surface area contributed by atoms with Gasteiger partial charge < -0.3 is 19.9 Å². The van der Waals surface area contributed by atoms with Gasteiger partial charge in [-0.05, 0) is 28.1 Å². The normalized spacial score (nSPS) is 12.8. The highest BCUT2D eigenvalue weighted by atomic mass is 79.9. The van der Waals surface area contributed by atoms with Crippen molar-refractivity contribution in [1.82, 2.24) is 5.32 Å². The molecule has 0 aromatic heterocycles. The maximum atomic E-state index is 12.0. The monoisotopic (exact) mass is 375 g/mol. The number of amides is 1. The molecule has 2 rings (SSSR count). The predicted octanol–water partition coefficient (Wildman–Crippen LogP) is 1.77. The van der Waals surface area contributed by atoms with Gasteiger partial charge in [0.15, 0.2) is 11.5 Å². The number of carboxylic acid groups (broad SMARTS) is 1. The zero-order valence-electron chi connectivity index (χ0n) is 11.1. The van der Waals surface area contributed by atoms with Crippen LogP contribution in [-0.2, 0) is 4.79 Å². The van der Waals surface area contributed by atoms with Gasteiger partial charge >= 0.3 is 5.97 Å². The summed E-state index contributed by atoms with van der Waals surface area (Å²) in [6.45, 7) is 1.34. The van der Waals surface area contributed by atoms with Gasteiger partial charge in [0.1, 0.15) is 13.2 Å². The lowest BCUT2D eigenvalue weighted by Gasteiger charge is -2.20. The van der Waals surface area contributed by atoms with E-state index in [1.54, 1.807) is 12.1 Å². The number of benzene rings is 1. The first-order chi connectivity index (χ1) is 10.1. The highest BCUT2D eigenvalue weighted by molar-refractivity contribution is 9.10. The zero-order valence-corrected chi connectivity index (χ0v) is 13.5. The van der Waals surface area contributed by atoms with Gasteiger partial charge in [0.25, 0.3) is 5.91 Å². The van der Waals surface area contributed by atoms with Crippen molar-refractivity contribution >= 4 is 39.6 Å². The van der Waals surface area contributed by atoms with Crippen molar-refractivity contribution in [3.63, 3.8) is 0 Å². The van der Waals surface area contributed by atoms with Gasteiger partial charge in [-0.2, -0.15) is 0 Å². The summed E-state index contributed by atoms with van der Waals surface area (Å²) < 4.78 is 11.6. The SMILES string of the molecule is O=C(O)CSCCNC(=O)c1cc(Br)c2c(c1)OCCO2. The van der Waals surface area contributed by atoms with Crippen LogP contribution in [-0.4, -0.2) is 48.2 Å². The summed E-state index contributed by atoms with van der Waals surface area (Å²) in [5, 5.41) is 11.2. The minimum atomic E-state index is -0.859. The molecule has 0 spiro atoms. The van der Waals surface area contributed by atoms with Crippen LogP contribution in [0.25, 0.3) is 0 Å². The number of carbonyl (C=O) groups is 2. The van der Waals surface area contributed by atoms with E-state index in [0.717, 1.165) is 0 Å². The molecule has 0 radical (unpaired) electrons. The van der Waals surface area contributed by atoms with E-state index in [2.05, 4.69) is 21.2 Å². The highest BCUT2D eigenvalue weighted by Crippen LogP contribution is 2.38. The van der Waals surface area contributed by atoms with E-state index in [1.807, 2.05) is 0 Å². The van der Waals surface area contributed by atoms with E-state index in [-0.39, 0.29) is 11.7 Å². The van der Waals surface area contributed by atoms with Crippen LogP contribution in [0.4, 0.5) is 0 Å². The molecule has 114 valence electrons. The number of fused-ring (bicyclic) bond motifs is 1. The summed E-state index contributed by atoms with van der Waals surface area (Å²) >= 11 is 4.61. The average molecular weight is 376 g/mol. The lowest BCUT2D eigenvalue weighted by atomic mass is 10.2. The van der Waals surface area contributed by atoms with Crippen LogP contribution in [0.2, 0.25) is 0 Å². The molecule has 1 aliphatic rings. The first-order valence-corrected chi connectivity index (χ1v) is 8.19. The van der Waals surface area contributed by atoms with E-state index in [0.29, 0.717) is 47.0 Å². The fraction of sp³-hybridized carbons (Fsp3) is 0.385. The third-order valence-electron chi connectivity index (χ3n) is 2.62. The van der Waals surface area contributed by atoms with E-state index >= 15 is 0 Å². The molecule has 6 nitrogen and oxygen atoms in total. The molecule has 0 unspecified atom stereocenters. The highest BCUT2D eigenvalue weighted by Gasteiger charge is 2.18. The molecular weight excluding hydrogens is 362 g/mol. The van der Waals surface area contributed by atoms with Crippen molar-refractivity contribution in [1.29, 1.82) is 0 Å². The van der Waals surface area contributed by atoms with Crippen LogP contribution in [0.3, 0.4) is 0 Å². The number of rotatable bonds is 6. The van der Waals surface area contributed by atoms with E-state index in [4.69, 9.17) is 14.6 Å². The summed E-state index contributed by atoms with van der Waals surface area (Å²) in [4.78, 5) is 22.4. The second-order valence-electron chi connectivity index (χ2n) is 4.18. The summed E-state index contributed by atoms with van der Waals surface area (Å²) in [5.74, 6) is 0.636. The molecule has 0 aliphatic carbocycles. The van der Waals surface area contributed by atoms with E-state index in [1.165, 1.54) is 11.8 Å². The number of hydrogen-bond acceptors (Lipinski definition) is 5. The molecule has 1 heterocycles. The molecule has 0 saturated heterocycles. The molecule has 0 atom stereocenters. The molecule has 21 heavy (non-hydrogen) atoms. The largest absolute Gasteiger partial charge is 0.486 e. The van der Waals surface area contributed by atoms with Crippen LogP contribution in [0, 0.1) is 0 Å². The van der Waals surface area contributed by atoms with Crippen LogP contribution >= 0.6 is 27.7 Å². The Morgan fingerprint density at radius 1 is 1.33 bits per heavy atom. The van der Waals surface area contributed by atoms with Crippen molar-refractivity contribution in [2.24, 2.45) is 0 Å². The van der Waals surface area contributed by atoms with Crippen molar-refractivity contribution in [3.05, 3.63) is 22.2 Å². The summed E-state index contributed by atoms with van der Waals surface area (Å²) in [6.07, 6.45) is 0. The van der Waals surface area contributed by atoms with Gasteiger partial charge in [0.2, 0.25) is 0 Å². The number of carbonyl (C=O) groups excluding carboxylic acids is 1. The molecule has 2 N–H and O–H groups in total. The maximum absolute atomic E-state index is 12.0. The van der Waals surface area contributed by atoms with Gasteiger partial charge in [-0.15, -0.1) is 11.8 Å². The first-order valence-electron chi connectivity index (χ1n) is 6.25. The number of thioether (sulfide) groups is 1. The summed E-state index contributed by atoms with van der Waals surface area (Å²) in [5.41, 5.74) is 0.467. The number of halogens is 1. The van der Waals surface area contributed by atoms with Crippen LogP contribution in [0.5, 0.6) is 11.5 Å². The number of aliphatic carboxylic acids is 1. The van der Waals surface area contributed by atoms with Gasteiger partial charge in [-0.3, -0.25) is 9.59 Å². The second-order valence-corrected chi connectivity index (χ2v) is 6.14. The van der Waals surface area contributed by atoms with Crippen molar-refractivity contribution in [2.45, 2.75) is 0 Å². The van der Waals surface area contributed by atoms with Gasteiger partial charge in [0, 0.05) is 17.9 Å². The van der Waals surface area contributed by atoms with Crippen LogP contribution < -0.4 is 14.8 Å². The molecule has 1 aliphatic heterocycles. The van der Waals surface area contributed by atoms with Crippen molar-refractivity contribution in [2.75, 3.05) is 31.3 Å². The molecular formula is C13H14BrNO5S. The van der Waals surface area contributed by atoms with Crippen molar-refractivity contribution < 1.29 is 24.2 Å². The topological polar surface area (TPSA) is 84.9 Å². The molecule has 8 heteroatoms. The molecule has 1 aromatic rings. The smallest absolute Gasteiger partial charge is 0.313 e. The fourth-order valence-electron chi connectivity index (χ4n) is 1.74. The Kier molecular flexibility index (Phi) is 5.75. The third-order valence-corrected chi connectivity index (χ3v) is 4.15. The number of carboxylic acids is 1. The van der Waals surface area contributed by atoms with Crippen molar-refractivity contribution in [3.8, 4) is 11.5 Å². The molecule has 0 bridgehead atoms. The number of hydrogen-bond donors (Lipinski definition) is 2. The summed E-state index contributed by atoms with van der Waals surface area (Å²) in [6, 6.07) is 3.31. The quantitative estimate of drug-likeness (QED) is 0.737. The fourth-order valence-corrected chi connectivity index (χ4v) is 2.86. The van der Waals surface area contributed by atoms with Crippen LogP contribution in [0.1, 0.15) is 10.4 Å². The first kappa shape index (κ1) is 16.0.